The third-order valence-corrected chi connectivity index (χ3v) is 3.55. The van der Waals surface area contributed by atoms with Gasteiger partial charge in [0.1, 0.15) is 5.76 Å². The van der Waals surface area contributed by atoms with Crippen molar-refractivity contribution in [2.45, 2.75) is 39.5 Å². The summed E-state index contributed by atoms with van der Waals surface area (Å²) in [5.41, 5.74) is 1.73. The summed E-state index contributed by atoms with van der Waals surface area (Å²) in [4.78, 5) is 23.1. The van der Waals surface area contributed by atoms with E-state index in [2.05, 4.69) is 19.2 Å². The second-order valence-corrected chi connectivity index (χ2v) is 6.08. The Balaban J connectivity index is 2.20. The van der Waals surface area contributed by atoms with Crippen LogP contribution in [0.15, 0.2) is 34.7 Å². The molecule has 2 aromatic rings. The Bertz CT molecular complexity index is 686. The Kier molecular flexibility index (Phi) is 4.89. The second-order valence-electron chi connectivity index (χ2n) is 6.08. The second kappa shape index (κ2) is 6.69. The van der Waals surface area contributed by atoms with Gasteiger partial charge in [-0.15, -0.1) is 0 Å². The van der Waals surface area contributed by atoms with E-state index in [1.54, 1.807) is 18.2 Å². The Morgan fingerprint density at radius 2 is 1.65 bits per heavy atom. The highest BCUT2D eigenvalue weighted by Gasteiger charge is 2.20. The highest BCUT2D eigenvalue weighted by atomic mass is 16.4. The van der Waals surface area contributed by atoms with Gasteiger partial charge in [-0.25, -0.2) is 4.79 Å². The first-order chi connectivity index (χ1) is 10.8. The van der Waals surface area contributed by atoms with Gasteiger partial charge in [0, 0.05) is 11.6 Å². The smallest absolute Gasteiger partial charge is 0.335 e. The lowest BCUT2D eigenvalue weighted by Gasteiger charge is -2.07. The van der Waals surface area contributed by atoms with Crippen molar-refractivity contribution < 1.29 is 19.1 Å². The predicted molar refractivity (Wildman–Crippen MR) is 88.2 cm³/mol. The Morgan fingerprint density at radius 3 is 2.09 bits per heavy atom. The van der Waals surface area contributed by atoms with Crippen LogP contribution in [0.3, 0.4) is 0 Å². The fraction of sp³-hybridized carbons (Fsp3) is 0.333. The maximum atomic E-state index is 12.3. The number of hydrogen-bond acceptors (Lipinski definition) is 3. The van der Waals surface area contributed by atoms with Gasteiger partial charge >= 0.3 is 5.97 Å². The molecule has 0 radical (unpaired) electrons. The van der Waals surface area contributed by atoms with Crippen molar-refractivity contribution >= 4 is 17.6 Å². The number of carboxylic acids is 1. The van der Waals surface area contributed by atoms with Gasteiger partial charge in [0.2, 0.25) is 0 Å². The van der Waals surface area contributed by atoms with Crippen molar-refractivity contribution in [2.24, 2.45) is 0 Å². The number of hydrogen-bond donors (Lipinski definition) is 2. The number of rotatable bonds is 5. The summed E-state index contributed by atoms with van der Waals surface area (Å²) in [6, 6.07) is 7.77. The molecule has 5 nitrogen and oxygen atoms in total. The molecule has 0 bridgehead atoms. The van der Waals surface area contributed by atoms with Gasteiger partial charge in [0.25, 0.3) is 5.91 Å². The molecule has 1 aromatic heterocycles. The molecule has 0 unspecified atom stereocenters. The van der Waals surface area contributed by atoms with Crippen LogP contribution in [0.5, 0.6) is 0 Å². The van der Waals surface area contributed by atoms with Crippen LogP contribution >= 0.6 is 0 Å². The first-order valence-electron chi connectivity index (χ1n) is 7.58. The van der Waals surface area contributed by atoms with Crippen LogP contribution in [0, 0.1) is 0 Å². The maximum absolute atomic E-state index is 12.3. The molecule has 1 heterocycles. The highest BCUT2D eigenvalue weighted by molar-refractivity contribution is 6.02. The van der Waals surface area contributed by atoms with Crippen molar-refractivity contribution in [3.8, 4) is 0 Å². The number of nitrogens with one attached hydrogen (secondary N) is 1. The number of amides is 1. The van der Waals surface area contributed by atoms with Gasteiger partial charge in [0.05, 0.1) is 5.56 Å². The standard InChI is InChI=1S/C18H21NO4/c1-10(2)14-9-15(23-16(14)11(3)4)17(20)19-13-7-5-12(6-8-13)18(21)22/h5-11H,1-4H3,(H,19,20)(H,21,22). The third kappa shape index (κ3) is 3.80. The lowest BCUT2D eigenvalue weighted by Crippen LogP contribution is -2.11. The van der Waals surface area contributed by atoms with E-state index in [9.17, 15) is 9.59 Å². The Labute approximate surface area is 135 Å². The fourth-order valence-corrected chi connectivity index (χ4v) is 2.32. The summed E-state index contributed by atoms with van der Waals surface area (Å²) in [7, 11) is 0. The van der Waals surface area contributed by atoms with Crippen LogP contribution in [0.1, 0.15) is 71.8 Å². The highest BCUT2D eigenvalue weighted by Crippen LogP contribution is 2.29. The van der Waals surface area contributed by atoms with E-state index in [0.717, 1.165) is 11.3 Å². The summed E-state index contributed by atoms with van der Waals surface area (Å²) in [5, 5.41) is 11.6. The van der Waals surface area contributed by atoms with E-state index in [-0.39, 0.29) is 29.1 Å². The normalized spacial score (nSPS) is 11.0. The van der Waals surface area contributed by atoms with Crippen LogP contribution in [-0.4, -0.2) is 17.0 Å². The number of carboxylic acid groups (broad SMARTS) is 1. The van der Waals surface area contributed by atoms with Gasteiger partial charge in [-0.1, -0.05) is 27.7 Å². The predicted octanol–water partition coefficient (Wildman–Crippen LogP) is 4.48. The molecule has 5 heteroatoms. The van der Waals surface area contributed by atoms with E-state index in [1.165, 1.54) is 12.1 Å². The zero-order valence-electron chi connectivity index (χ0n) is 13.7. The number of furan rings is 1. The van der Waals surface area contributed by atoms with E-state index < -0.39 is 5.97 Å². The van der Waals surface area contributed by atoms with Crippen molar-refractivity contribution in [3.05, 3.63) is 53.0 Å². The molecule has 23 heavy (non-hydrogen) atoms. The van der Waals surface area contributed by atoms with Crippen LogP contribution in [0.4, 0.5) is 5.69 Å². The van der Waals surface area contributed by atoms with Crippen LogP contribution in [0.2, 0.25) is 0 Å². The molecule has 0 fully saturated rings. The van der Waals surface area contributed by atoms with Gasteiger partial charge in [0.15, 0.2) is 5.76 Å². The van der Waals surface area contributed by atoms with Crippen molar-refractivity contribution in [1.82, 2.24) is 0 Å². The van der Waals surface area contributed by atoms with Crippen molar-refractivity contribution in [2.75, 3.05) is 5.32 Å². The number of aromatic carboxylic acids is 1. The van der Waals surface area contributed by atoms with Gasteiger partial charge in [-0.05, 0) is 41.8 Å². The van der Waals surface area contributed by atoms with E-state index in [1.807, 2.05) is 13.8 Å². The minimum absolute atomic E-state index is 0.171. The molecule has 0 saturated carbocycles. The first kappa shape index (κ1) is 16.8. The summed E-state index contributed by atoms with van der Waals surface area (Å²) in [6.45, 7) is 8.17. The molecule has 0 spiro atoms. The van der Waals surface area contributed by atoms with Gasteiger partial charge in [-0.3, -0.25) is 4.79 Å². The monoisotopic (exact) mass is 315 g/mol. The summed E-state index contributed by atoms with van der Waals surface area (Å²) >= 11 is 0. The Hall–Kier alpha value is -2.56. The fourth-order valence-electron chi connectivity index (χ4n) is 2.32. The largest absolute Gasteiger partial charge is 0.478 e. The van der Waals surface area contributed by atoms with Crippen LogP contribution in [-0.2, 0) is 0 Å². The topological polar surface area (TPSA) is 79.5 Å². The molecular formula is C18H21NO4. The molecule has 0 saturated heterocycles. The average molecular weight is 315 g/mol. The number of carbonyl (C=O) groups excluding carboxylic acids is 1. The molecule has 1 amide bonds. The van der Waals surface area contributed by atoms with E-state index >= 15 is 0 Å². The molecule has 0 aliphatic rings. The lowest BCUT2D eigenvalue weighted by atomic mass is 9.98. The Morgan fingerprint density at radius 1 is 1.04 bits per heavy atom. The minimum Gasteiger partial charge on any atom is -0.478 e. The SMILES string of the molecule is CC(C)c1cc(C(=O)Nc2ccc(C(=O)O)cc2)oc1C(C)C. The zero-order chi connectivity index (χ0) is 17.1. The number of carbonyl (C=O) groups is 2. The molecule has 2 rings (SSSR count). The molecule has 0 aliphatic heterocycles. The summed E-state index contributed by atoms with van der Waals surface area (Å²) < 4.78 is 5.73. The molecule has 0 aliphatic carbocycles. The average Bonchev–Trinajstić information content (AvgIpc) is 2.93. The number of benzene rings is 1. The van der Waals surface area contributed by atoms with Crippen molar-refractivity contribution in [3.63, 3.8) is 0 Å². The maximum Gasteiger partial charge on any atom is 0.335 e. The third-order valence-electron chi connectivity index (χ3n) is 3.55. The summed E-state index contributed by atoms with van der Waals surface area (Å²) in [5.74, 6) is 0.210. The molecule has 122 valence electrons. The van der Waals surface area contributed by atoms with E-state index in [4.69, 9.17) is 9.52 Å². The minimum atomic E-state index is -1.00. The number of anilines is 1. The quantitative estimate of drug-likeness (QED) is 0.852. The van der Waals surface area contributed by atoms with Crippen LogP contribution in [0.25, 0.3) is 0 Å². The van der Waals surface area contributed by atoms with Crippen molar-refractivity contribution in [1.29, 1.82) is 0 Å². The molecule has 0 atom stereocenters. The van der Waals surface area contributed by atoms with E-state index in [0.29, 0.717) is 5.69 Å². The first-order valence-corrected chi connectivity index (χ1v) is 7.58. The van der Waals surface area contributed by atoms with Gasteiger partial charge < -0.3 is 14.8 Å². The zero-order valence-corrected chi connectivity index (χ0v) is 13.7. The lowest BCUT2D eigenvalue weighted by molar-refractivity contribution is 0.0696. The molecule has 1 aromatic carbocycles. The van der Waals surface area contributed by atoms with Crippen LogP contribution < -0.4 is 5.32 Å². The molecule has 2 N–H and O–H groups in total. The molecular weight excluding hydrogens is 294 g/mol. The summed E-state index contributed by atoms with van der Waals surface area (Å²) in [6.07, 6.45) is 0. The van der Waals surface area contributed by atoms with Gasteiger partial charge in [-0.2, -0.15) is 0 Å².